The van der Waals surface area contributed by atoms with Crippen LogP contribution in [-0.2, 0) is 24.6 Å². The highest BCUT2D eigenvalue weighted by Gasteiger charge is 2.21. The van der Waals surface area contributed by atoms with Crippen LogP contribution in [0.25, 0.3) is 11.6 Å². The van der Waals surface area contributed by atoms with Gasteiger partial charge in [0.05, 0.1) is 9.85 Å². The maximum atomic E-state index is 10.9. The molecule has 0 aliphatic heterocycles. The molecule has 4 aromatic rings. The summed E-state index contributed by atoms with van der Waals surface area (Å²) in [6, 6.07) is 12.8. The third-order valence-electron chi connectivity index (χ3n) is 5.29. The first-order chi connectivity index (χ1) is 18.4. The van der Waals surface area contributed by atoms with E-state index in [9.17, 15) is 20.2 Å². The van der Waals surface area contributed by atoms with E-state index in [0.717, 1.165) is 11.1 Å². The standard InChI is InChI=1S/C24H22N8O4S2/c1-3-13-29-21(25-27-23(29)37-15-17-5-9-19(10-6-17)31(33)34)22-26-28-24(30(22)14-4-2)38-16-18-7-11-20(12-8-18)32(35)36/h3-12H,1-2,13-16H2. The Kier molecular flexibility index (Phi) is 8.66. The molecule has 14 heteroatoms. The molecule has 0 spiro atoms. The molecule has 38 heavy (non-hydrogen) atoms. The lowest BCUT2D eigenvalue weighted by atomic mass is 10.2. The number of benzene rings is 2. The van der Waals surface area contributed by atoms with E-state index in [4.69, 9.17) is 0 Å². The van der Waals surface area contributed by atoms with Crippen molar-refractivity contribution in [1.82, 2.24) is 29.5 Å². The Hall–Kier alpha value is -4.30. The lowest BCUT2D eigenvalue weighted by Gasteiger charge is -2.10. The molecule has 0 fully saturated rings. The zero-order valence-corrected chi connectivity index (χ0v) is 21.7. The SMILES string of the molecule is C=CCn1c(SCc2ccc([N+](=O)[O-])cc2)nnc1-c1nnc(SCc2ccc([N+](=O)[O-])cc2)n1CC=C. The molecule has 2 heterocycles. The van der Waals surface area contributed by atoms with Gasteiger partial charge in [-0.25, -0.2) is 0 Å². The predicted octanol–water partition coefficient (Wildman–Crippen LogP) is 5.31. The minimum Gasteiger partial charge on any atom is -0.295 e. The summed E-state index contributed by atoms with van der Waals surface area (Å²) in [7, 11) is 0. The second-order valence-corrected chi connectivity index (χ2v) is 9.72. The normalized spacial score (nSPS) is 10.8. The second kappa shape index (κ2) is 12.3. The molecule has 0 radical (unpaired) electrons. The van der Waals surface area contributed by atoms with Crippen LogP contribution >= 0.6 is 23.5 Å². The number of hydrogen-bond donors (Lipinski definition) is 0. The van der Waals surface area contributed by atoms with Crippen molar-refractivity contribution in [2.45, 2.75) is 34.9 Å². The predicted molar refractivity (Wildman–Crippen MR) is 145 cm³/mol. The summed E-state index contributed by atoms with van der Waals surface area (Å²) in [5.74, 6) is 2.13. The number of non-ortho nitro benzene ring substituents is 2. The first-order valence-electron chi connectivity index (χ1n) is 11.2. The molecule has 0 aliphatic rings. The van der Waals surface area contributed by atoms with Crippen molar-refractivity contribution in [3.8, 4) is 11.6 Å². The van der Waals surface area contributed by atoms with E-state index in [-0.39, 0.29) is 11.4 Å². The lowest BCUT2D eigenvalue weighted by Crippen LogP contribution is -2.07. The van der Waals surface area contributed by atoms with Crippen molar-refractivity contribution >= 4 is 34.9 Å². The van der Waals surface area contributed by atoms with Crippen molar-refractivity contribution in [1.29, 1.82) is 0 Å². The van der Waals surface area contributed by atoms with Crippen LogP contribution in [0, 0.1) is 20.2 Å². The molecule has 0 amide bonds. The number of thioether (sulfide) groups is 2. The van der Waals surface area contributed by atoms with Gasteiger partial charge < -0.3 is 0 Å². The van der Waals surface area contributed by atoms with Gasteiger partial charge in [0.25, 0.3) is 11.4 Å². The van der Waals surface area contributed by atoms with Gasteiger partial charge in [-0.05, 0) is 11.1 Å². The molecule has 12 nitrogen and oxygen atoms in total. The van der Waals surface area contributed by atoms with E-state index in [2.05, 4.69) is 33.6 Å². The van der Waals surface area contributed by atoms with Crippen LogP contribution in [0.2, 0.25) is 0 Å². The van der Waals surface area contributed by atoms with Gasteiger partial charge in [-0.1, -0.05) is 59.9 Å². The second-order valence-electron chi connectivity index (χ2n) is 7.84. The number of aromatic nitrogens is 6. The monoisotopic (exact) mass is 550 g/mol. The average Bonchev–Trinajstić information content (AvgIpc) is 3.50. The first-order valence-corrected chi connectivity index (χ1v) is 13.2. The van der Waals surface area contributed by atoms with Crippen molar-refractivity contribution in [3.05, 3.63) is 105 Å². The third-order valence-corrected chi connectivity index (χ3v) is 7.36. The molecule has 0 bridgehead atoms. The summed E-state index contributed by atoms with van der Waals surface area (Å²) >= 11 is 2.90. The summed E-state index contributed by atoms with van der Waals surface area (Å²) in [4.78, 5) is 20.9. The van der Waals surface area contributed by atoms with Gasteiger partial charge >= 0.3 is 0 Å². The maximum Gasteiger partial charge on any atom is 0.269 e. The number of hydrogen-bond acceptors (Lipinski definition) is 10. The van der Waals surface area contributed by atoms with Crippen LogP contribution in [-0.4, -0.2) is 39.4 Å². The molecule has 2 aromatic carbocycles. The number of nitrogens with zero attached hydrogens (tertiary/aromatic N) is 8. The van der Waals surface area contributed by atoms with Crippen LogP contribution < -0.4 is 0 Å². The Labute approximate surface area is 225 Å². The summed E-state index contributed by atoms with van der Waals surface area (Å²) in [5.41, 5.74) is 1.91. The fourth-order valence-electron chi connectivity index (χ4n) is 3.43. The first kappa shape index (κ1) is 26.8. The lowest BCUT2D eigenvalue weighted by molar-refractivity contribution is -0.385. The van der Waals surface area contributed by atoms with Crippen LogP contribution in [0.3, 0.4) is 0 Å². The Morgan fingerprint density at radius 1 is 0.684 bits per heavy atom. The van der Waals surface area contributed by atoms with Gasteiger partial charge in [0.2, 0.25) is 11.6 Å². The van der Waals surface area contributed by atoms with Crippen LogP contribution in [0.1, 0.15) is 11.1 Å². The van der Waals surface area contributed by atoms with Crippen molar-refractivity contribution in [2.24, 2.45) is 0 Å². The van der Waals surface area contributed by atoms with E-state index in [1.165, 1.54) is 47.8 Å². The Balaban J connectivity index is 1.54. The quantitative estimate of drug-likeness (QED) is 0.0928. The summed E-state index contributed by atoms with van der Waals surface area (Å²) in [6.07, 6.45) is 3.47. The smallest absolute Gasteiger partial charge is 0.269 e. The Morgan fingerprint density at radius 2 is 1.05 bits per heavy atom. The fourth-order valence-corrected chi connectivity index (χ4v) is 5.24. The highest BCUT2D eigenvalue weighted by Crippen LogP contribution is 2.30. The number of nitro benzene ring substituents is 2. The van der Waals surface area contributed by atoms with E-state index in [1.54, 1.807) is 36.4 Å². The minimum atomic E-state index is -0.429. The molecule has 0 N–H and O–H groups in total. The summed E-state index contributed by atoms with van der Waals surface area (Å²) in [5, 5.41) is 40.5. The maximum absolute atomic E-state index is 10.9. The van der Waals surface area contributed by atoms with Gasteiger partial charge in [0.1, 0.15) is 0 Å². The number of allylic oxidation sites excluding steroid dienone is 2. The molecule has 0 atom stereocenters. The molecule has 0 aliphatic carbocycles. The molecule has 4 rings (SSSR count). The third kappa shape index (κ3) is 6.15. The van der Waals surface area contributed by atoms with Gasteiger partial charge in [-0.2, -0.15) is 0 Å². The van der Waals surface area contributed by atoms with E-state index in [0.29, 0.717) is 46.6 Å². The molecule has 2 aromatic heterocycles. The zero-order valence-electron chi connectivity index (χ0n) is 20.0. The average molecular weight is 551 g/mol. The van der Waals surface area contributed by atoms with Crippen LogP contribution in [0.4, 0.5) is 11.4 Å². The summed E-state index contributed by atoms with van der Waals surface area (Å²) < 4.78 is 3.77. The van der Waals surface area contributed by atoms with Crippen molar-refractivity contribution in [2.75, 3.05) is 0 Å². The Bertz CT molecular complexity index is 1350. The number of rotatable bonds is 13. The van der Waals surface area contributed by atoms with Gasteiger partial charge in [-0.3, -0.25) is 29.4 Å². The van der Waals surface area contributed by atoms with E-state index >= 15 is 0 Å². The van der Waals surface area contributed by atoms with Gasteiger partial charge in [0, 0.05) is 48.9 Å². The zero-order chi connectivity index (χ0) is 27.1. The van der Waals surface area contributed by atoms with Crippen molar-refractivity contribution in [3.63, 3.8) is 0 Å². The highest BCUT2D eigenvalue weighted by molar-refractivity contribution is 7.98. The number of nitro groups is 2. The van der Waals surface area contributed by atoms with Gasteiger partial charge in [0.15, 0.2) is 10.3 Å². The van der Waals surface area contributed by atoms with E-state index in [1.807, 2.05) is 9.13 Å². The Morgan fingerprint density at radius 3 is 1.37 bits per heavy atom. The fraction of sp³-hybridized carbons (Fsp3) is 0.167. The highest BCUT2D eigenvalue weighted by atomic mass is 32.2. The largest absolute Gasteiger partial charge is 0.295 e. The molecule has 0 saturated heterocycles. The van der Waals surface area contributed by atoms with Crippen LogP contribution in [0.15, 0.2) is 84.2 Å². The van der Waals surface area contributed by atoms with E-state index < -0.39 is 9.85 Å². The molecular weight excluding hydrogens is 528 g/mol. The van der Waals surface area contributed by atoms with Crippen LogP contribution in [0.5, 0.6) is 0 Å². The van der Waals surface area contributed by atoms with Crippen molar-refractivity contribution < 1.29 is 9.85 Å². The summed E-state index contributed by atoms with van der Waals surface area (Å²) in [6.45, 7) is 8.57. The van der Waals surface area contributed by atoms with Gasteiger partial charge in [-0.15, -0.1) is 33.6 Å². The molecule has 0 saturated carbocycles. The minimum absolute atomic E-state index is 0.0414. The molecule has 0 unspecified atom stereocenters. The topological polar surface area (TPSA) is 148 Å². The molecule has 194 valence electrons. The molecular formula is C24H22N8O4S2.